The van der Waals surface area contributed by atoms with E-state index in [2.05, 4.69) is 10.2 Å². The lowest BCUT2D eigenvalue weighted by Gasteiger charge is -2.08. The second kappa shape index (κ2) is 5.47. The Kier molecular flexibility index (Phi) is 3.88. The summed E-state index contributed by atoms with van der Waals surface area (Å²) in [6.45, 7) is 1.93. The lowest BCUT2D eigenvalue weighted by Crippen LogP contribution is -2.04. The van der Waals surface area contributed by atoms with Crippen molar-refractivity contribution < 1.29 is 27.8 Å². The van der Waals surface area contributed by atoms with Crippen molar-refractivity contribution in [2.75, 3.05) is 6.61 Å². The molecule has 0 spiro atoms. The first kappa shape index (κ1) is 14.9. The monoisotopic (exact) mass is 300 g/mol. The molecule has 0 fully saturated rings. The van der Waals surface area contributed by atoms with Gasteiger partial charge < -0.3 is 9.84 Å². The summed E-state index contributed by atoms with van der Waals surface area (Å²) in [4.78, 5) is 11.1. The molecule has 0 saturated heterocycles. The predicted octanol–water partition coefficient (Wildman–Crippen LogP) is 3.19. The van der Waals surface area contributed by atoms with Crippen molar-refractivity contribution in [2.45, 2.75) is 13.1 Å². The number of carboxylic acid groups (broad SMARTS) is 1. The number of aromatic amines is 1. The van der Waals surface area contributed by atoms with Crippen molar-refractivity contribution in [3.05, 3.63) is 35.5 Å². The summed E-state index contributed by atoms with van der Waals surface area (Å²) in [5.74, 6) is -1.24. The van der Waals surface area contributed by atoms with Gasteiger partial charge in [-0.1, -0.05) is 12.1 Å². The van der Waals surface area contributed by atoms with Gasteiger partial charge in [-0.25, -0.2) is 4.79 Å². The van der Waals surface area contributed by atoms with Gasteiger partial charge in [0.05, 0.1) is 17.7 Å². The molecule has 0 bridgehead atoms. The minimum Gasteiger partial charge on any atom is -0.477 e. The van der Waals surface area contributed by atoms with Crippen molar-refractivity contribution in [3.63, 3.8) is 0 Å². The standard InChI is InChI=1S/C13H11F3N2O3/c1-2-21-11-9(10(12(19)20)17-18-11)7-3-5-8(6-4-7)13(14,15)16/h3-6H,2H2,1H3,(H,17,18)(H,19,20). The highest BCUT2D eigenvalue weighted by molar-refractivity contribution is 5.95. The maximum absolute atomic E-state index is 12.5. The number of hydrogen-bond donors (Lipinski definition) is 2. The average molecular weight is 300 g/mol. The fourth-order valence-electron chi connectivity index (χ4n) is 1.82. The number of nitrogens with zero attached hydrogens (tertiary/aromatic N) is 1. The highest BCUT2D eigenvalue weighted by Crippen LogP contribution is 2.35. The van der Waals surface area contributed by atoms with E-state index in [0.29, 0.717) is 0 Å². The number of nitrogens with one attached hydrogen (secondary N) is 1. The maximum atomic E-state index is 12.5. The number of halogens is 3. The van der Waals surface area contributed by atoms with E-state index in [-0.39, 0.29) is 29.3 Å². The predicted molar refractivity (Wildman–Crippen MR) is 67.2 cm³/mol. The molecule has 0 aliphatic heterocycles. The van der Waals surface area contributed by atoms with Gasteiger partial charge in [-0.2, -0.15) is 13.2 Å². The minimum absolute atomic E-state index is 0.0367. The van der Waals surface area contributed by atoms with Gasteiger partial charge in [0, 0.05) is 0 Å². The lowest BCUT2D eigenvalue weighted by molar-refractivity contribution is -0.137. The Hall–Kier alpha value is -2.51. The largest absolute Gasteiger partial charge is 0.477 e. The van der Waals surface area contributed by atoms with Gasteiger partial charge in [0.15, 0.2) is 5.69 Å². The van der Waals surface area contributed by atoms with Gasteiger partial charge >= 0.3 is 12.1 Å². The Morgan fingerprint density at radius 3 is 2.43 bits per heavy atom. The first-order valence-corrected chi connectivity index (χ1v) is 5.96. The molecule has 0 unspecified atom stereocenters. The van der Waals surface area contributed by atoms with Crippen LogP contribution in [0.2, 0.25) is 0 Å². The Balaban J connectivity index is 2.50. The van der Waals surface area contributed by atoms with E-state index >= 15 is 0 Å². The molecule has 0 radical (unpaired) electrons. The molecule has 2 aromatic rings. The van der Waals surface area contributed by atoms with Gasteiger partial charge in [0.2, 0.25) is 5.88 Å². The molecule has 2 N–H and O–H groups in total. The van der Waals surface area contributed by atoms with E-state index in [0.717, 1.165) is 12.1 Å². The van der Waals surface area contributed by atoms with E-state index < -0.39 is 17.7 Å². The molecule has 21 heavy (non-hydrogen) atoms. The molecule has 0 atom stereocenters. The molecule has 8 heteroatoms. The average Bonchev–Trinajstić information content (AvgIpc) is 2.82. The smallest absolute Gasteiger partial charge is 0.416 e. The third kappa shape index (κ3) is 2.99. The molecule has 1 aromatic carbocycles. The third-order valence-corrected chi connectivity index (χ3v) is 2.73. The van der Waals surface area contributed by atoms with E-state index in [1.54, 1.807) is 6.92 Å². The Morgan fingerprint density at radius 2 is 1.95 bits per heavy atom. The van der Waals surface area contributed by atoms with Gasteiger partial charge in [0.25, 0.3) is 0 Å². The molecule has 0 aliphatic rings. The van der Waals surface area contributed by atoms with Crippen molar-refractivity contribution >= 4 is 5.97 Å². The minimum atomic E-state index is -4.45. The van der Waals surface area contributed by atoms with Crippen LogP contribution in [0.3, 0.4) is 0 Å². The highest BCUT2D eigenvalue weighted by atomic mass is 19.4. The van der Waals surface area contributed by atoms with Gasteiger partial charge in [-0.05, 0) is 24.6 Å². The molecule has 1 heterocycles. The normalized spacial score (nSPS) is 11.4. The van der Waals surface area contributed by atoms with Gasteiger partial charge in [-0.3, -0.25) is 5.10 Å². The summed E-state index contributed by atoms with van der Waals surface area (Å²) in [6, 6.07) is 4.12. The molecule has 0 amide bonds. The summed E-state index contributed by atoms with van der Waals surface area (Å²) < 4.78 is 42.8. The van der Waals surface area contributed by atoms with Crippen molar-refractivity contribution in [1.29, 1.82) is 0 Å². The first-order chi connectivity index (χ1) is 9.84. The number of H-pyrrole nitrogens is 1. The first-order valence-electron chi connectivity index (χ1n) is 5.96. The number of aromatic carboxylic acids is 1. The number of ether oxygens (including phenoxy) is 1. The SMILES string of the molecule is CCOc1n[nH]c(C(=O)O)c1-c1ccc(C(F)(F)F)cc1. The summed E-state index contributed by atoms with van der Waals surface area (Å²) in [5, 5.41) is 15.1. The van der Waals surface area contributed by atoms with Crippen LogP contribution >= 0.6 is 0 Å². The maximum Gasteiger partial charge on any atom is 0.416 e. The molecule has 112 valence electrons. The second-order valence-corrected chi connectivity index (χ2v) is 4.09. The van der Waals surface area contributed by atoms with Crippen molar-refractivity contribution in [3.8, 4) is 17.0 Å². The number of aromatic nitrogens is 2. The van der Waals surface area contributed by atoms with Crippen molar-refractivity contribution in [2.24, 2.45) is 0 Å². The van der Waals surface area contributed by atoms with E-state index in [4.69, 9.17) is 9.84 Å². The summed E-state index contributed by atoms with van der Waals surface area (Å²) >= 11 is 0. The van der Waals surface area contributed by atoms with Crippen LogP contribution in [0.25, 0.3) is 11.1 Å². The molecule has 1 aromatic heterocycles. The summed E-state index contributed by atoms with van der Waals surface area (Å²) in [5.41, 5.74) is -0.654. The third-order valence-electron chi connectivity index (χ3n) is 2.73. The molecule has 5 nitrogen and oxygen atoms in total. The van der Waals surface area contributed by atoms with Gasteiger partial charge in [0.1, 0.15) is 0 Å². The molecule has 0 aliphatic carbocycles. The second-order valence-electron chi connectivity index (χ2n) is 4.09. The van der Waals surface area contributed by atoms with E-state index in [1.165, 1.54) is 12.1 Å². The fourth-order valence-corrected chi connectivity index (χ4v) is 1.82. The van der Waals surface area contributed by atoms with E-state index in [1.807, 2.05) is 0 Å². The Morgan fingerprint density at radius 1 is 1.33 bits per heavy atom. The number of rotatable bonds is 4. The summed E-state index contributed by atoms with van der Waals surface area (Å²) in [7, 11) is 0. The lowest BCUT2D eigenvalue weighted by atomic mass is 10.0. The zero-order chi connectivity index (χ0) is 15.6. The van der Waals surface area contributed by atoms with Crippen LogP contribution in [-0.2, 0) is 6.18 Å². The van der Waals surface area contributed by atoms with Crippen LogP contribution in [0.4, 0.5) is 13.2 Å². The van der Waals surface area contributed by atoms with Gasteiger partial charge in [-0.15, -0.1) is 5.10 Å². The van der Waals surface area contributed by atoms with Crippen LogP contribution in [0.1, 0.15) is 23.0 Å². The zero-order valence-electron chi connectivity index (χ0n) is 10.9. The quantitative estimate of drug-likeness (QED) is 0.909. The van der Waals surface area contributed by atoms with Crippen LogP contribution in [0.15, 0.2) is 24.3 Å². The highest BCUT2D eigenvalue weighted by Gasteiger charge is 2.30. The molecular weight excluding hydrogens is 289 g/mol. The molecule has 2 rings (SSSR count). The fraction of sp³-hybridized carbons (Fsp3) is 0.231. The van der Waals surface area contributed by atoms with Crippen LogP contribution in [-0.4, -0.2) is 27.9 Å². The van der Waals surface area contributed by atoms with Crippen LogP contribution < -0.4 is 4.74 Å². The number of alkyl halides is 3. The Labute approximate surface area is 117 Å². The van der Waals surface area contributed by atoms with Crippen LogP contribution in [0, 0.1) is 0 Å². The number of hydrogen-bond acceptors (Lipinski definition) is 3. The number of carboxylic acids is 1. The van der Waals surface area contributed by atoms with Crippen molar-refractivity contribution in [1.82, 2.24) is 10.2 Å². The topological polar surface area (TPSA) is 75.2 Å². The molecule has 0 saturated carbocycles. The summed E-state index contributed by atoms with van der Waals surface area (Å²) in [6.07, 6.45) is -4.45. The van der Waals surface area contributed by atoms with Crippen LogP contribution in [0.5, 0.6) is 5.88 Å². The van der Waals surface area contributed by atoms with E-state index in [9.17, 15) is 18.0 Å². The molecular formula is C13H11F3N2O3. The Bertz CT molecular complexity index is 648. The number of benzene rings is 1. The zero-order valence-corrected chi connectivity index (χ0v) is 10.9. The number of carbonyl (C=O) groups is 1.